The molecule has 0 aliphatic carbocycles. The average molecular weight is 176 g/mol. The minimum absolute atomic E-state index is 0.0603. The van der Waals surface area contributed by atoms with Crippen molar-refractivity contribution in [1.82, 2.24) is 0 Å². The van der Waals surface area contributed by atoms with Crippen LogP contribution in [0.5, 0.6) is 0 Å². The molecule has 0 spiro atoms. The molecule has 0 radical (unpaired) electrons. The van der Waals surface area contributed by atoms with Crippen LogP contribution >= 0.6 is 0 Å². The van der Waals surface area contributed by atoms with E-state index in [0.29, 0.717) is 6.54 Å². The van der Waals surface area contributed by atoms with Gasteiger partial charge in [-0.05, 0) is 18.1 Å². The Morgan fingerprint density at radius 1 is 1.46 bits per heavy atom. The van der Waals surface area contributed by atoms with Crippen LogP contribution in [0.1, 0.15) is 5.56 Å². The molecule has 1 atom stereocenters. The normalized spacial score (nSPS) is 20.2. The number of anilines is 1. The molecule has 13 heavy (non-hydrogen) atoms. The summed E-state index contributed by atoms with van der Waals surface area (Å²) in [5.74, 6) is -0.281. The molecule has 1 aliphatic heterocycles. The highest BCUT2D eigenvalue weighted by Crippen LogP contribution is 2.23. The van der Waals surface area contributed by atoms with Crippen molar-refractivity contribution in [3.63, 3.8) is 0 Å². The van der Waals surface area contributed by atoms with Gasteiger partial charge in [0.05, 0.1) is 5.92 Å². The molecule has 1 aromatic rings. The third kappa shape index (κ3) is 1.49. The van der Waals surface area contributed by atoms with Crippen molar-refractivity contribution >= 4 is 11.6 Å². The van der Waals surface area contributed by atoms with Gasteiger partial charge in [0, 0.05) is 12.2 Å². The predicted molar refractivity (Wildman–Crippen MR) is 51.3 cm³/mol. The number of hydrogen-bond donors (Lipinski definition) is 2. The summed E-state index contributed by atoms with van der Waals surface area (Å²) in [6, 6.07) is 8.00. The van der Waals surface area contributed by atoms with E-state index in [2.05, 4.69) is 5.32 Å². The van der Waals surface area contributed by atoms with Crippen LogP contribution in [0.15, 0.2) is 24.3 Å². The number of nitrogens with one attached hydrogen (secondary N) is 1. The van der Waals surface area contributed by atoms with Gasteiger partial charge in [0.2, 0.25) is 5.91 Å². The van der Waals surface area contributed by atoms with Crippen LogP contribution in [0.25, 0.3) is 0 Å². The Morgan fingerprint density at radius 3 is 3.00 bits per heavy atom. The minimum atomic E-state index is -0.220. The molecule has 2 rings (SSSR count). The molecular formula is C10H12N2O. The van der Waals surface area contributed by atoms with E-state index < -0.39 is 0 Å². The Bertz CT molecular complexity index is 335. The van der Waals surface area contributed by atoms with Crippen LogP contribution in [-0.2, 0) is 11.2 Å². The lowest BCUT2D eigenvalue weighted by molar-refractivity contribution is -0.121. The molecule has 3 N–H and O–H groups in total. The van der Waals surface area contributed by atoms with Crippen LogP contribution in [0.2, 0.25) is 0 Å². The molecule has 0 saturated heterocycles. The average Bonchev–Trinajstić information content (AvgIpc) is 2.17. The van der Waals surface area contributed by atoms with Crippen molar-refractivity contribution in [2.24, 2.45) is 11.7 Å². The van der Waals surface area contributed by atoms with Gasteiger partial charge in [-0.3, -0.25) is 4.79 Å². The molecule has 68 valence electrons. The molecule has 0 saturated carbocycles. The molecule has 0 unspecified atom stereocenters. The van der Waals surface area contributed by atoms with E-state index in [0.717, 1.165) is 12.1 Å². The molecule has 0 fully saturated rings. The van der Waals surface area contributed by atoms with Gasteiger partial charge >= 0.3 is 0 Å². The molecule has 3 heteroatoms. The summed E-state index contributed by atoms with van der Waals surface area (Å²) in [7, 11) is 0. The largest absolute Gasteiger partial charge is 0.384 e. The molecule has 0 aromatic heterocycles. The maximum absolute atomic E-state index is 10.9. The van der Waals surface area contributed by atoms with E-state index in [9.17, 15) is 4.79 Å². The first-order chi connectivity index (χ1) is 6.27. The van der Waals surface area contributed by atoms with Gasteiger partial charge in [0.25, 0.3) is 0 Å². The van der Waals surface area contributed by atoms with Crippen LogP contribution < -0.4 is 11.1 Å². The molecule has 1 aliphatic rings. The van der Waals surface area contributed by atoms with Crippen molar-refractivity contribution in [3.05, 3.63) is 29.8 Å². The van der Waals surface area contributed by atoms with Crippen molar-refractivity contribution in [2.75, 3.05) is 11.9 Å². The van der Waals surface area contributed by atoms with Crippen molar-refractivity contribution in [3.8, 4) is 0 Å². The number of primary amides is 1. The van der Waals surface area contributed by atoms with E-state index in [1.807, 2.05) is 24.3 Å². The highest BCUT2D eigenvalue weighted by Gasteiger charge is 2.21. The second-order valence-electron chi connectivity index (χ2n) is 3.34. The zero-order valence-electron chi connectivity index (χ0n) is 7.29. The van der Waals surface area contributed by atoms with Gasteiger partial charge in [0.15, 0.2) is 0 Å². The molecule has 3 nitrogen and oxygen atoms in total. The number of para-hydroxylation sites is 1. The van der Waals surface area contributed by atoms with Gasteiger partial charge in [-0.15, -0.1) is 0 Å². The maximum atomic E-state index is 10.9. The van der Waals surface area contributed by atoms with Crippen LogP contribution in [-0.4, -0.2) is 12.5 Å². The monoisotopic (exact) mass is 176 g/mol. The molecular weight excluding hydrogens is 164 g/mol. The number of amides is 1. The summed E-state index contributed by atoms with van der Waals surface area (Å²) in [5.41, 5.74) is 7.55. The zero-order chi connectivity index (χ0) is 9.26. The number of benzene rings is 1. The topological polar surface area (TPSA) is 55.1 Å². The van der Waals surface area contributed by atoms with Crippen LogP contribution in [0.4, 0.5) is 5.69 Å². The maximum Gasteiger partial charge on any atom is 0.222 e. The second kappa shape index (κ2) is 3.09. The lowest BCUT2D eigenvalue weighted by Gasteiger charge is -2.23. The number of carbonyl (C=O) groups excluding carboxylic acids is 1. The van der Waals surface area contributed by atoms with Gasteiger partial charge in [-0.25, -0.2) is 0 Å². The van der Waals surface area contributed by atoms with Gasteiger partial charge in [0.1, 0.15) is 0 Å². The third-order valence-corrected chi connectivity index (χ3v) is 2.42. The Hall–Kier alpha value is -1.51. The lowest BCUT2D eigenvalue weighted by atomic mass is 9.94. The van der Waals surface area contributed by atoms with Gasteiger partial charge in [-0.1, -0.05) is 18.2 Å². The Balaban J connectivity index is 2.24. The Morgan fingerprint density at radius 2 is 2.23 bits per heavy atom. The Labute approximate surface area is 76.9 Å². The highest BCUT2D eigenvalue weighted by molar-refractivity contribution is 5.79. The molecule has 0 bridgehead atoms. The summed E-state index contributed by atoms with van der Waals surface area (Å²) in [5, 5.41) is 3.19. The van der Waals surface area contributed by atoms with Crippen molar-refractivity contribution < 1.29 is 4.79 Å². The number of nitrogens with two attached hydrogens (primary N) is 1. The third-order valence-electron chi connectivity index (χ3n) is 2.42. The van der Waals surface area contributed by atoms with Crippen molar-refractivity contribution in [2.45, 2.75) is 6.42 Å². The highest BCUT2D eigenvalue weighted by atomic mass is 16.1. The van der Waals surface area contributed by atoms with Gasteiger partial charge < -0.3 is 11.1 Å². The fourth-order valence-electron chi connectivity index (χ4n) is 1.64. The number of hydrogen-bond acceptors (Lipinski definition) is 2. The summed E-state index contributed by atoms with van der Waals surface area (Å²) in [6.45, 7) is 0.659. The van der Waals surface area contributed by atoms with Gasteiger partial charge in [-0.2, -0.15) is 0 Å². The summed E-state index contributed by atoms with van der Waals surface area (Å²) < 4.78 is 0. The quantitative estimate of drug-likeness (QED) is 0.663. The molecule has 1 heterocycles. The minimum Gasteiger partial charge on any atom is -0.384 e. The first-order valence-corrected chi connectivity index (χ1v) is 4.38. The SMILES string of the molecule is NC(=O)[C@@H]1CNc2ccccc2C1. The standard InChI is InChI=1S/C10H12N2O/c11-10(13)8-5-7-3-1-2-4-9(7)12-6-8/h1-4,8,12H,5-6H2,(H2,11,13)/t8-/m0/s1. The number of carbonyl (C=O) groups is 1. The van der Waals surface area contributed by atoms with Crippen LogP contribution in [0, 0.1) is 5.92 Å². The second-order valence-corrected chi connectivity index (χ2v) is 3.34. The fourth-order valence-corrected chi connectivity index (χ4v) is 1.64. The first kappa shape index (κ1) is 8.10. The van der Waals surface area contributed by atoms with E-state index in [1.54, 1.807) is 0 Å². The lowest BCUT2D eigenvalue weighted by Crippen LogP contribution is -2.34. The summed E-state index contributed by atoms with van der Waals surface area (Å²) in [6.07, 6.45) is 0.762. The van der Waals surface area contributed by atoms with Crippen LogP contribution in [0.3, 0.4) is 0 Å². The van der Waals surface area contributed by atoms with E-state index in [1.165, 1.54) is 5.56 Å². The van der Waals surface area contributed by atoms with E-state index in [4.69, 9.17) is 5.73 Å². The van der Waals surface area contributed by atoms with E-state index >= 15 is 0 Å². The number of rotatable bonds is 1. The summed E-state index contributed by atoms with van der Waals surface area (Å²) >= 11 is 0. The smallest absolute Gasteiger partial charge is 0.222 e. The van der Waals surface area contributed by atoms with Crippen molar-refractivity contribution in [1.29, 1.82) is 0 Å². The number of fused-ring (bicyclic) bond motifs is 1. The first-order valence-electron chi connectivity index (χ1n) is 4.38. The molecule has 1 amide bonds. The summed E-state index contributed by atoms with van der Waals surface area (Å²) in [4.78, 5) is 10.9. The predicted octanol–water partition coefficient (Wildman–Crippen LogP) is 0.756. The molecule has 1 aromatic carbocycles. The zero-order valence-corrected chi connectivity index (χ0v) is 7.29. The fraction of sp³-hybridized carbons (Fsp3) is 0.300. The van der Waals surface area contributed by atoms with E-state index in [-0.39, 0.29) is 11.8 Å². The Kier molecular flexibility index (Phi) is 1.93.